The van der Waals surface area contributed by atoms with Gasteiger partial charge in [0.15, 0.2) is 0 Å². The number of ether oxygens (including phenoxy) is 1. The van der Waals surface area contributed by atoms with Gasteiger partial charge in [0.25, 0.3) is 0 Å². The summed E-state index contributed by atoms with van der Waals surface area (Å²) in [5, 5.41) is 6.24. The van der Waals surface area contributed by atoms with Crippen LogP contribution in [0.25, 0.3) is 0 Å². The van der Waals surface area contributed by atoms with Crippen LogP contribution in [-0.4, -0.2) is 37.7 Å². The fourth-order valence-electron chi connectivity index (χ4n) is 1.72. The molecule has 0 bridgehead atoms. The van der Waals surface area contributed by atoms with Gasteiger partial charge in [0, 0.05) is 31.7 Å². The standard InChI is InChI=1S/C11H22N2O2/c1-3-12-7-4-10(14)13-11(2)5-8-15-9-6-11/h12H,3-9H2,1-2H3,(H,13,14). The van der Waals surface area contributed by atoms with Crippen molar-refractivity contribution < 1.29 is 9.53 Å². The van der Waals surface area contributed by atoms with E-state index in [9.17, 15) is 4.79 Å². The Morgan fingerprint density at radius 2 is 2.07 bits per heavy atom. The molecule has 4 heteroatoms. The quantitative estimate of drug-likeness (QED) is 0.661. The minimum atomic E-state index is -0.0540. The van der Waals surface area contributed by atoms with Gasteiger partial charge in [-0.15, -0.1) is 0 Å². The largest absolute Gasteiger partial charge is 0.381 e. The van der Waals surface area contributed by atoms with Gasteiger partial charge in [-0.2, -0.15) is 0 Å². The summed E-state index contributed by atoms with van der Waals surface area (Å²) in [6, 6.07) is 0. The number of rotatable bonds is 5. The number of hydrogen-bond acceptors (Lipinski definition) is 3. The number of carbonyl (C=O) groups is 1. The van der Waals surface area contributed by atoms with Crippen molar-refractivity contribution >= 4 is 5.91 Å². The summed E-state index contributed by atoms with van der Waals surface area (Å²) in [4.78, 5) is 11.6. The van der Waals surface area contributed by atoms with Gasteiger partial charge in [-0.1, -0.05) is 6.92 Å². The zero-order valence-corrected chi connectivity index (χ0v) is 9.77. The monoisotopic (exact) mass is 214 g/mol. The van der Waals surface area contributed by atoms with Crippen molar-refractivity contribution in [2.45, 2.75) is 38.6 Å². The second-order valence-corrected chi connectivity index (χ2v) is 4.32. The van der Waals surface area contributed by atoms with Crippen LogP contribution < -0.4 is 10.6 Å². The first-order valence-electron chi connectivity index (χ1n) is 5.76. The molecule has 0 atom stereocenters. The summed E-state index contributed by atoms with van der Waals surface area (Å²) in [5.41, 5.74) is -0.0540. The Morgan fingerprint density at radius 3 is 2.67 bits per heavy atom. The Hall–Kier alpha value is -0.610. The fraction of sp³-hybridized carbons (Fsp3) is 0.909. The van der Waals surface area contributed by atoms with Crippen LogP contribution >= 0.6 is 0 Å². The molecule has 4 nitrogen and oxygen atoms in total. The summed E-state index contributed by atoms with van der Waals surface area (Å²) in [6.07, 6.45) is 2.39. The number of carbonyl (C=O) groups excluding carboxylic acids is 1. The normalized spacial score (nSPS) is 19.9. The van der Waals surface area contributed by atoms with Gasteiger partial charge in [-0.05, 0) is 26.3 Å². The Kier molecular flexibility index (Phi) is 5.05. The van der Waals surface area contributed by atoms with Crippen molar-refractivity contribution in [1.29, 1.82) is 0 Å². The highest BCUT2D eigenvalue weighted by atomic mass is 16.5. The zero-order chi connectivity index (χ0) is 11.1. The number of nitrogens with one attached hydrogen (secondary N) is 2. The Balaban J connectivity index is 2.23. The van der Waals surface area contributed by atoms with E-state index in [0.29, 0.717) is 6.42 Å². The van der Waals surface area contributed by atoms with Gasteiger partial charge in [0.05, 0.1) is 0 Å². The molecule has 1 heterocycles. The lowest BCUT2D eigenvalue weighted by atomic mass is 9.92. The maximum absolute atomic E-state index is 11.6. The molecule has 15 heavy (non-hydrogen) atoms. The van der Waals surface area contributed by atoms with Gasteiger partial charge in [-0.3, -0.25) is 4.79 Å². The highest BCUT2D eigenvalue weighted by Gasteiger charge is 2.28. The van der Waals surface area contributed by atoms with E-state index in [0.717, 1.165) is 39.1 Å². The first kappa shape index (κ1) is 12.5. The maximum Gasteiger partial charge on any atom is 0.221 e. The third-order valence-electron chi connectivity index (χ3n) is 2.82. The van der Waals surface area contributed by atoms with Crippen molar-refractivity contribution in [3.05, 3.63) is 0 Å². The molecular weight excluding hydrogens is 192 g/mol. The van der Waals surface area contributed by atoms with Crippen LogP contribution in [0.4, 0.5) is 0 Å². The van der Waals surface area contributed by atoms with Crippen LogP contribution in [0.5, 0.6) is 0 Å². The molecule has 0 aromatic heterocycles. The minimum absolute atomic E-state index is 0.0540. The lowest BCUT2D eigenvalue weighted by Crippen LogP contribution is -2.50. The molecule has 1 saturated heterocycles. The van der Waals surface area contributed by atoms with E-state index in [-0.39, 0.29) is 11.4 Å². The average Bonchev–Trinajstić information content (AvgIpc) is 2.18. The van der Waals surface area contributed by atoms with Gasteiger partial charge >= 0.3 is 0 Å². The van der Waals surface area contributed by atoms with Gasteiger partial charge in [-0.25, -0.2) is 0 Å². The molecule has 0 unspecified atom stereocenters. The maximum atomic E-state index is 11.6. The number of hydrogen-bond donors (Lipinski definition) is 2. The molecule has 1 fully saturated rings. The van der Waals surface area contributed by atoms with Crippen LogP contribution in [-0.2, 0) is 9.53 Å². The molecule has 2 N–H and O–H groups in total. The smallest absolute Gasteiger partial charge is 0.221 e. The topological polar surface area (TPSA) is 50.4 Å². The van der Waals surface area contributed by atoms with Crippen molar-refractivity contribution in [1.82, 2.24) is 10.6 Å². The van der Waals surface area contributed by atoms with E-state index in [4.69, 9.17) is 4.74 Å². The summed E-state index contributed by atoms with van der Waals surface area (Å²) in [6.45, 7) is 7.32. The third kappa shape index (κ3) is 4.62. The summed E-state index contributed by atoms with van der Waals surface area (Å²) >= 11 is 0. The molecule has 0 spiro atoms. The van der Waals surface area contributed by atoms with Crippen molar-refractivity contribution in [2.75, 3.05) is 26.3 Å². The van der Waals surface area contributed by atoms with Crippen molar-refractivity contribution in [2.24, 2.45) is 0 Å². The minimum Gasteiger partial charge on any atom is -0.381 e. The number of amides is 1. The summed E-state index contributed by atoms with van der Waals surface area (Å²) in [7, 11) is 0. The molecule has 88 valence electrons. The van der Waals surface area contributed by atoms with E-state index in [1.807, 2.05) is 6.92 Å². The summed E-state index contributed by atoms with van der Waals surface area (Å²) < 4.78 is 5.28. The lowest BCUT2D eigenvalue weighted by molar-refractivity contribution is -0.123. The Bertz CT molecular complexity index is 201. The fourth-order valence-corrected chi connectivity index (χ4v) is 1.72. The molecule has 1 rings (SSSR count). The van der Waals surface area contributed by atoms with Crippen LogP contribution in [0.3, 0.4) is 0 Å². The van der Waals surface area contributed by atoms with E-state index in [1.54, 1.807) is 0 Å². The lowest BCUT2D eigenvalue weighted by Gasteiger charge is -2.34. The van der Waals surface area contributed by atoms with E-state index < -0.39 is 0 Å². The molecule has 0 radical (unpaired) electrons. The predicted octanol–water partition coefficient (Wildman–Crippen LogP) is 0.671. The Labute approximate surface area is 91.8 Å². The van der Waals surface area contributed by atoms with Crippen molar-refractivity contribution in [3.63, 3.8) is 0 Å². The second kappa shape index (κ2) is 6.08. The molecule has 0 aliphatic carbocycles. The molecule has 1 amide bonds. The van der Waals surface area contributed by atoms with Gasteiger partial charge in [0.2, 0.25) is 5.91 Å². The predicted molar refractivity (Wildman–Crippen MR) is 59.8 cm³/mol. The van der Waals surface area contributed by atoms with E-state index in [2.05, 4.69) is 17.6 Å². The molecule has 1 aliphatic rings. The van der Waals surface area contributed by atoms with Crippen LogP contribution in [0.2, 0.25) is 0 Å². The van der Waals surface area contributed by atoms with E-state index in [1.165, 1.54) is 0 Å². The highest BCUT2D eigenvalue weighted by molar-refractivity contribution is 5.76. The third-order valence-corrected chi connectivity index (χ3v) is 2.82. The highest BCUT2D eigenvalue weighted by Crippen LogP contribution is 2.19. The van der Waals surface area contributed by atoms with Crippen molar-refractivity contribution in [3.8, 4) is 0 Å². The van der Waals surface area contributed by atoms with Gasteiger partial charge < -0.3 is 15.4 Å². The molecule has 0 aromatic carbocycles. The van der Waals surface area contributed by atoms with Crippen LogP contribution in [0.1, 0.15) is 33.1 Å². The Morgan fingerprint density at radius 1 is 1.40 bits per heavy atom. The molecule has 0 saturated carbocycles. The molecule has 1 aliphatic heterocycles. The van der Waals surface area contributed by atoms with E-state index >= 15 is 0 Å². The SMILES string of the molecule is CCNCCC(=O)NC1(C)CCOCC1. The van der Waals surface area contributed by atoms with Crippen LogP contribution in [0, 0.1) is 0 Å². The van der Waals surface area contributed by atoms with Crippen LogP contribution in [0.15, 0.2) is 0 Å². The zero-order valence-electron chi connectivity index (χ0n) is 9.77. The first-order chi connectivity index (χ1) is 7.16. The molecular formula is C11H22N2O2. The average molecular weight is 214 g/mol. The van der Waals surface area contributed by atoms with Gasteiger partial charge in [0.1, 0.15) is 0 Å². The molecule has 0 aromatic rings. The first-order valence-corrected chi connectivity index (χ1v) is 5.76. The second-order valence-electron chi connectivity index (χ2n) is 4.32. The summed E-state index contributed by atoms with van der Waals surface area (Å²) in [5.74, 6) is 0.139.